The minimum absolute atomic E-state index is 0.0674. The molecule has 254 valence electrons. The third-order valence-electron chi connectivity index (χ3n) is 7.26. The van der Waals surface area contributed by atoms with Gasteiger partial charge in [-0.1, -0.05) is 89.4 Å². The fraction of sp³-hybridized carbons (Fsp3) is 0.0789. The lowest BCUT2D eigenvalue weighted by Crippen LogP contribution is -2.30. The van der Waals surface area contributed by atoms with Crippen molar-refractivity contribution in [2.24, 2.45) is 0 Å². The molecule has 0 aliphatic heterocycles. The number of halogens is 3. The summed E-state index contributed by atoms with van der Waals surface area (Å²) in [7, 11) is 2.98. The number of hydrogen-bond donors (Lipinski definition) is 3. The molecule has 8 nitrogen and oxygen atoms in total. The molecule has 3 amide bonds. The number of thioether (sulfide) groups is 1. The molecule has 0 spiro atoms. The molecular formula is C38H30Cl3N3O5S. The minimum Gasteiger partial charge on any atom is -0.495 e. The lowest BCUT2D eigenvalue weighted by molar-refractivity contribution is -0.116. The Balaban J connectivity index is 1.36. The van der Waals surface area contributed by atoms with Crippen LogP contribution in [0.15, 0.2) is 126 Å². The quantitative estimate of drug-likeness (QED) is 0.0868. The van der Waals surface area contributed by atoms with Crippen LogP contribution in [0.1, 0.15) is 26.7 Å². The van der Waals surface area contributed by atoms with Gasteiger partial charge in [-0.05, 0) is 66.2 Å². The molecule has 0 radical (unpaired) electrons. The minimum atomic E-state index is -0.662. The van der Waals surface area contributed by atoms with Gasteiger partial charge in [0.05, 0.1) is 24.9 Å². The summed E-state index contributed by atoms with van der Waals surface area (Å²) in [6.07, 6.45) is 1.43. The van der Waals surface area contributed by atoms with Gasteiger partial charge in [0.25, 0.3) is 11.8 Å². The zero-order valence-electron chi connectivity index (χ0n) is 26.7. The van der Waals surface area contributed by atoms with Gasteiger partial charge < -0.3 is 25.4 Å². The smallest absolute Gasteiger partial charge is 0.272 e. The van der Waals surface area contributed by atoms with E-state index in [-0.39, 0.29) is 11.6 Å². The molecule has 3 N–H and O–H groups in total. The summed E-state index contributed by atoms with van der Waals surface area (Å²) < 4.78 is 10.7. The first kappa shape index (κ1) is 36.4. The van der Waals surface area contributed by atoms with Crippen LogP contribution in [0.3, 0.4) is 0 Å². The van der Waals surface area contributed by atoms with Crippen molar-refractivity contribution in [3.8, 4) is 11.5 Å². The van der Waals surface area contributed by atoms with Gasteiger partial charge in [-0.3, -0.25) is 14.4 Å². The van der Waals surface area contributed by atoms with Crippen LogP contribution in [0.4, 0.5) is 11.4 Å². The molecule has 0 saturated heterocycles. The number of methoxy groups -OCH3 is 2. The monoisotopic (exact) mass is 745 g/mol. The number of amides is 3. The van der Waals surface area contributed by atoms with E-state index in [1.807, 2.05) is 30.3 Å². The normalized spacial score (nSPS) is 11.7. The van der Waals surface area contributed by atoms with Gasteiger partial charge in [0.15, 0.2) is 0 Å². The molecule has 50 heavy (non-hydrogen) atoms. The number of anilines is 2. The van der Waals surface area contributed by atoms with Crippen molar-refractivity contribution >= 4 is 81.7 Å². The summed E-state index contributed by atoms with van der Waals surface area (Å²) in [5.74, 6) is -0.584. The highest BCUT2D eigenvalue weighted by Crippen LogP contribution is 2.40. The van der Waals surface area contributed by atoms with Gasteiger partial charge in [-0.2, -0.15) is 0 Å². The average molecular weight is 747 g/mol. The number of benzene rings is 5. The number of carbonyl (C=O) groups excluding carboxylic acids is 3. The Morgan fingerprint density at radius 2 is 1.32 bits per heavy atom. The van der Waals surface area contributed by atoms with Crippen molar-refractivity contribution in [3.05, 3.63) is 153 Å². The van der Waals surface area contributed by atoms with E-state index in [0.29, 0.717) is 49.1 Å². The Hall–Kier alpha value is -4.93. The fourth-order valence-electron chi connectivity index (χ4n) is 4.74. The molecule has 5 aromatic carbocycles. The van der Waals surface area contributed by atoms with Gasteiger partial charge in [0, 0.05) is 37.8 Å². The fourth-order valence-corrected chi connectivity index (χ4v) is 6.52. The largest absolute Gasteiger partial charge is 0.495 e. The Labute approximate surface area is 308 Å². The van der Waals surface area contributed by atoms with Crippen LogP contribution in [-0.4, -0.2) is 31.9 Å². The third-order valence-corrected chi connectivity index (χ3v) is 9.48. The average Bonchev–Trinajstić information content (AvgIpc) is 3.13. The molecule has 5 aromatic rings. The highest BCUT2D eigenvalue weighted by Gasteiger charge is 2.24. The molecule has 0 bridgehead atoms. The molecule has 0 fully saturated rings. The van der Waals surface area contributed by atoms with Crippen molar-refractivity contribution in [2.75, 3.05) is 24.9 Å². The van der Waals surface area contributed by atoms with Gasteiger partial charge in [-0.25, -0.2) is 0 Å². The molecule has 5 rings (SSSR count). The van der Waals surface area contributed by atoms with Crippen LogP contribution in [0, 0.1) is 0 Å². The number of rotatable bonds is 12. The maximum Gasteiger partial charge on any atom is 0.272 e. The summed E-state index contributed by atoms with van der Waals surface area (Å²) in [6, 6.07) is 32.9. The van der Waals surface area contributed by atoms with Crippen LogP contribution in [0.5, 0.6) is 11.5 Å². The SMILES string of the molecule is COc1cc(OC)c(NC(=O)C(Sc2ccc(NC(=O)/C(=C/c3c(Cl)cccc3Cl)NC(=O)c3ccccc3)cc2)c2ccccc2)cc1Cl. The third kappa shape index (κ3) is 9.19. The van der Waals surface area contributed by atoms with E-state index in [0.717, 1.165) is 10.5 Å². The van der Waals surface area contributed by atoms with Crippen molar-refractivity contribution in [2.45, 2.75) is 10.1 Å². The van der Waals surface area contributed by atoms with Crippen LogP contribution >= 0.6 is 46.6 Å². The second kappa shape index (κ2) is 17.1. The number of hydrogen-bond acceptors (Lipinski definition) is 6. The standard InChI is InChI=1S/C38H30Cl3N3O5S/c1-48-33-22-34(49-2)31(21-30(33)41)43-38(47)35(23-10-5-3-6-11-23)50-26-18-16-25(17-19-26)42-37(46)32(20-27-28(39)14-9-15-29(27)40)44-36(45)24-12-7-4-8-13-24/h3-22,35H,1-2H3,(H,42,46)(H,43,47)(H,44,45)/b32-20-. The maximum atomic E-state index is 13.7. The molecule has 0 aliphatic rings. The van der Waals surface area contributed by atoms with Crippen molar-refractivity contribution in [3.63, 3.8) is 0 Å². The first-order valence-corrected chi connectivity index (χ1v) is 17.1. The molecule has 0 saturated carbocycles. The summed E-state index contributed by atoms with van der Waals surface area (Å²) in [5, 5.41) is 8.71. The maximum absolute atomic E-state index is 13.7. The summed E-state index contributed by atoms with van der Waals surface area (Å²) in [6.45, 7) is 0. The van der Waals surface area contributed by atoms with E-state index in [1.54, 1.807) is 84.9 Å². The lowest BCUT2D eigenvalue weighted by Gasteiger charge is -2.19. The van der Waals surface area contributed by atoms with Gasteiger partial charge in [-0.15, -0.1) is 11.8 Å². The van der Waals surface area contributed by atoms with Crippen molar-refractivity contribution < 1.29 is 23.9 Å². The Bertz CT molecular complexity index is 2010. The summed E-state index contributed by atoms with van der Waals surface area (Å²) in [4.78, 5) is 41.1. The van der Waals surface area contributed by atoms with E-state index in [4.69, 9.17) is 44.3 Å². The zero-order valence-corrected chi connectivity index (χ0v) is 29.8. The second-order valence-corrected chi connectivity index (χ2v) is 13.0. The highest BCUT2D eigenvalue weighted by atomic mass is 35.5. The summed E-state index contributed by atoms with van der Waals surface area (Å²) in [5.41, 5.74) is 2.28. The molecule has 0 aliphatic carbocycles. The predicted octanol–water partition coefficient (Wildman–Crippen LogP) is 9.55. The van der Waals surface area contributed by atoms with E-state index >= 15 is 0 Å². The topological polar surface area (TPSA) is 106 Å². The Kier molecular flexibility index (Phi) is 12.5. The van der Waals surface area contributed by atoms with E-state index in [2.05, 4.69) is 16.0 Å². The second-order valence-electron chi connectivity index (χ2n) is 10.6. The molecule has 1 atom stereocenters. The number of nitrogens with one attached hydrogen (secondary N) is 3. The van der Waals surface area contributed by atoms with Gasteiger partial charge >= 0.3 is 0 Å². The van der Waals surface area contributed by atoms with Gasteiger partial charge in [0.1, 0.15) is 22.4 Å². The van der Waals surface area contributed by atoms with Crippen molar-refractivity contribution in [1.29, 1.82) is 0 Å². The van der Waals surface area contributed by atoms with E-state index < -0.39 is 17.1 Å². The summed E-state index contributed by atoms with van der Waals surface area (Å²) >= 11 is 20.4. The van der Waals surface area contributed by atoms with Crippen LogP contribution in [0.25, 0.3) is 6.08 Å². The predicted molar refractivity (Wildman–Crippen MR) is 202 cm³/mol. The Morgan fingerprint density at radius 3 is 1.94 bits per heavy atom. The molecule has 12 heteroatoms. The molecule has 0 heterocycles. The first-order valence-electron chi connectivity index (χ1n) is 15.0. The Morgan fingerprint density at radius 1 is 0.700 bits per heavy atom. The van der Waals surface area contributed by atoms with Crippen LogP contribution in [0.2, 0.25) is 15.1 Å². The molecular weight excluding hydrogens is 717 g/mol. The first-order chi connectivity index (χ1) is 24.2. The number of carbonyl (C=O) groups is 3. The number of ether oxygens (including phenoxy) is 2. The molecule has 1 unspecified atom stereocenters. The highest BCUT2D eigenvalue weighted by molar-refractivity contribution is 8.00. The van der Waals surface area contributed by atoms with Crippen molar-refractivity contribution in [1.82, 2.24) is 5.32 Å². The van der Waals surface area contributed by atoms with Crippen LogP contribution < -0.4 is 25.4 Å². The van der Waals surface area contributed by atoms with E-state index in [1.165, 1.54) is 32.1 Å². The van der Waals surface area contributed by atoms with Crippen LogP contribution in [-0.2, 0) is 9.59 Å². The molecule has 0 aromatic heterocycles. The van der Waals surface area contributed by atoms with E-state index in [9.17, 15) is 14.4 Å². The van der Waals surface area contributed by atoms with Gasteiger partial charge in [0.2, 0.25) is 5.91 Å². The lowest BCUT2D eigenvalue weighted by atomic mass is 10.1. The zero-order chi connectivity index (χ0) is 35.6.